The highest BCUT2D eigenvalue weighted by molar-refractivity contribution is 6.14. The lowest BCUT2D eigenvalue weighted by Crippen LogP contribution is -2.53. The smallest absolute Gasteiger partial charge is 0.339 e. The van der Waals surface area contributed by atoms with Crippen LogP contribution in [-0.2, 0) is 30.3 Å². The van der Waals surface area contributed by atoms with Crippen LogP contribution in [0.5, 0.6) is 28.7 Å². The first-order valence-corrected chi connectivity index (χ1v) is 15.1. The summed E-state index contributed by atoms with van der Waals surface area (Å²) in [4.78, 5) is 15.8. The maximum absolute atomic E-state index is 13.5. The molecule has 0 spiro atoms. The van der Waals surface area contributed by atoms with E-state index in [1.54, 1.807) is 14.2 Å². The van der Waals surface area contributed by atoms with Gasteiger partial charge in [-0.3, -0.25) is 4.90 Å². The van der Waals surface area contributed by atoms with E-state index >= 15 is 0 Å². The van der Waals surface area contributed by atoms with Crippen molar-refractivity contribution in [2.75, 3.05) is 60.5 Å². The number of rotatable bonds is 7. The van der Waals surface area contributed by atoms with Gasteiger partial charge in [0.1, 0.15) is 18.0 Å². The quantitative estimate of drug-likeness (QED) is 0.357. The van der Waals surface area contributed by atoms with Crippen LogP contribution in [-0.4, -0.2) is 95.1 Å². The molecule has 0 amide bonds. The van der Waals surface area contributed by atoms with Crippen molar-refractivity contribution in [2.24, 2.45) is 0 Å². The van der Waals surface area contributed by atoms with E-state index in [4.69, 9.17) is 47.4 Å². The molecule has 8 rings (SSSR count). The van der Waals surface area contributed by atoms with Crippen LogP contribution in [0, 0.1) is 0 Å². The zero-order valence-corrected chi connectivity index (χ0v) is 25.6. The summed E-state index contributed by atoms with van der Waals surface area (Å²) in [6.45, 7) is 7.79. The number of carbonyl (C=O) groups is 1. The number of esters is 1. The fourth-order valence-electron chi connectivity index (χ4n) is 7.12. The van der Waals surface area contributed by atoms with Gasteiger partial charge in [0.05, 0.1) is 39.6 Å². The Hall–Kier alpha value is -3.81. The molecule has 0 aromatic heterocycles. The van der Waals surface area contributed by atoms with Crippen LogP contribution in [0.15, 0.2) is 30.3 Å². The van der Waals surface area contributed by atoms with Gasteiger partial charge in [-0.2, -0.15) is 0 Å². The van der Waals surface area contributed by atoms with Crippen LogP contribution in [0.1, 0.15) is 29.8 Å². The van der Waals surface area contributed by atoms with Crippen LogP contribution < -0.4 is 23.7 Å². The monoisotopic (exact) mass is 621 g/mol. The number of hydrogen-bond donors (Lipinski definition) is 0. The third-order valence-electron chi connectivity index (χ3n) is 9.02. The third-order valence-corrected chi connectivity index (χ3v) is 9.02. The van der Waals surface area contributed by atoms with Gasteiger partial charge in [-0.1, -0.05) is 6.07 Å². The van der Waals surface area contributed by atoms with Crippen molar-refractivity contribution in [3.05, 3.63) is 41.5 Å². The Morgan fingerprint density at radius 2 is 1.69 bits per heavy atom. The van der Waals surface area contributed by atoms with Crippen molar-refractivity contribution < 1.29 is 52.2 Å². The molecule has 3 aromatic carbocycles. The van der Waals surface area contributed by atoms with E-state index in [1.165, 1.54) is 0 Å². The minimum atomic E-state index is -0.842. The second-order valence-corrected chi connectivity index (χ2v) is 12.2. The van der Waals surface area contributed by atoms with E-state index in [-0.39, 0.29) is 20.0 Å². The van der Waals surface area contributed by atoms with Crippen molar-refractivity contribution >= 4 is 16.7 Å². The minimum Gasteiger partial charge on any atom is -0.493 e. The number of hydrogen-bond acceptors (Lipinski definition) is 12. The molecular weight excluding hydrogens is 586 g/mol. The Morgan fingerprint density at radius 3 is 2.47 bits per heavy atom. The molecular formula is C33H35NO11. The van der Waals surface area contributed by atoms with E-state index in [2.05, 4.69) is 4.90 Å². The van der Waals surface area contributed by atoms with E-state index in [0.717, 1.165) is 18.7 Å². The molecule has 0 bridgehead atoms. The third kappa shape index (κ3) is 4.66. The molecule has 3 atom stereocenters. The number of carbonyl (C=O) groups excluding carboxylic acids is 1. The first kappa shape index (κ1) is 28.6. The highest BCUT2D eigenvalue weighted by Gasteiger charge is 2.63. The Kier molecular flexibility index (Phi) is 6.77. The molecule has 45 heavy (non-hydrogen) atoms. The van der Waals surface area contributed by atoms with Crippen molar-refractivity contribution in [3.63, 3.8) is 0 Å². The van der Waals surface area contributed by atoms with Crippen LogP contribution in [0.4, 0.5) is 0 Å². The highest BCUT2D eigenvalue weighted by Crippen LogP contribution is 2.51. The number of morpholine rings is 1. The van der Waals surface area contributed by atoms with Gasteiger partial charge < -0.3 is 47.4 Å². The Balaban J connectivity index is 1.26. The number of cyclic esters (lactones) is 1. The van der Waals surface area contributed by atoms with Crippen LogP contribution in [0.25, 0.3) is 21.9 Å². The van der Waals surface area contributed by atoms with Gasteiger partial charge in [-0.25, -0.2) is 4.79 Å². The number of ether oxygens (including phenoxy) is 10. The lowest BCUT2D eigenvalue weighted by Gasteiger charge is -2.35. The maximum Gasteiger partial charge on any atom is 0.339 e. The lowest BCUT2D eigenvalue weighted by atomic mass is 9.89. The molecule has 0 saturated carbocycles. The number of fused-ring (bicyclic) bond motifs is 4. The van der Waals surface area contributed by atoms with Gasteiger partial charge in [0.15, 0.2) is 34.9 Å². The van der Waals surface area contributed by atoms with Crippen LogP contribution >= 0.6 is 0 Å². The topological polar surface area (TPSA) is 113 Å². The van der Waals surface area contributed by atoms with Gasteiger partial charge in [-0.05, 0) is 49.1 Å². The average molecular weight is 622 g/mol. The van der Waals surface area contributed by atoms with Gasteiger partial charge in [-0.15, -0.1) is 0 Å². The molecule has 3 fully saturated rings. The van der Waals surface area contributed by atoms with Crippen LogP contribution in [0.3, 0.4) is 0 Å². The summed E-state index contributed by atoms with van der Waals surface area (Å²) >= 11 is 0. The summed E-state index contributed by atoms with van der Waals surface area (Å²) in [6.07, 6.45) is -1.35. The Morgan fingerprint density at radius 1 is 0.933 bits per heavy atom. The first-order valence-electron chi connectivity index (χ1n) is 15.1. The molecule has 238 valence electrons. The zero-order chi connectivity index (χ0) is 30.9. The molecule has 5 aliphatic rings. The van der Waals surface area contributed by atoms with Gasteiger partial charge in [0.25, 0.3) is 0 Å². The van der Waals surface area contributed by atoms with E-state index in [1.807, 2.05) is 44.2 Å². The second kappa shape index (κ2) is 10.6. The summed E-state index contributed by atoms with van der Waals surface area (Å²) in [5, 5.41) is 1.41. The molecule has 12 heteroatoms. The zero-order valence-electron chi connectivity index (χ0n) is 25.6. The predicted molar refractivity (Wildman–Crippen MR) is 158 cm³/mol. The molecule has 3 aromatic rings. The van der Waals surface area contributed by atoms with Gasteiger partial charge >= 0.3 is 5.97 Å². The van der Waals surface area contributed by atoms with Crippen molar-refractivity contribution in [2.45, 2.75) is 44.2 Å². The first-order chi connectivity index (χ1) is 21.8. The lowest BCUT2D eigenvalue weighted by molar-refractivity contribution is -0.210. The molecule has 0 radical (unpaired) electrons. The molecule has 0 unspecified atom stereocenters. The summed E-state index contributed by atoms with van der Waals surface area (Å²) < 4.78 is 60.0. The van der Waals surface area contributed by atoms with E-state index in [0.29, 0.717) is 76.0 Å². The highest BCUT2D eigenvalue weighted by atomic mass is 16.8. The Labute approximate surface area is 259 Å². The van der Waals surface area contributed by atoms with Crippen LogP contribution in [0.2, 0.25) is 0 Å². The molecule has 12 nitrogen and oxygen atoms in total. The molecule has 3 saturated heterocycles. The van der Waals surface area contributed by atoms with Crippen molar-refractivity contribution in [1.82, 2.24) is 4.90 Å². The van der Waals surface area contributed by atoms with E-state index in [9.17, 15) is 4.79 Å². The molecule has 0 N–H and O–H groups in total. The predicted octanol–water partition coefficient (Wildman–Crippen LogP) is 3.88. The fraction of sp³-hybridized carbons (Fsp3) is 0.485. The summed E-state index contributed by atoms with van der Waals surface area (Å²) in [5.41, 5.74) is 1.70. The van der Waals surface area contributed by atoms with Crippen molar-refractivity contribution in [3.8, 4) is 39.9 Å². The summed E-state index contributed by atoms with van der Waals surface area (Å²) in [7, 11) is 3.15. The molecule has 5 heterocycles. The molecule has 5 aliphatic heterocycles. The average Bonchev–Trinajstić information content (AvgIpc) is 3.79. The molecule has 0 aliphatic carbocycles. The van der Waals surface area contributed by atoms with Gasteiger partial charge in [0.2, 0.25) is 13.1 Å². The van der Waals surface area contributed by atoms with Crippen molar-refractivity contribution in [1.29, 1.82) is 0 Å². The van der Waals surface area contributed by atoms with E-state index < -0.39 is 29.8 Å². The summed E-state index contributed by atoms with van der Waals surface area (Å²) in [5.74, 6) is 1.41. The minimum absolute atomic E-state index is 0.0322. The largest absolute Gasteiger partial charge is 0.493 e. The number of nitrogens with zero attached hydrogens (tertiary/aromatic N) is 1. The maximum atomic E-state index is 13.5. The normalized spacial score (nSPS) is 26.5. The Bertz CT molecular complexity index is 1680. The number of benzene rings is 3. The fourth-order valence-corrected chi connectivity index (χ4v) is 7.12. The second-order valence-electron chi connectivity index (χ2n) is 12.2. The number of methoxy groups -OCH3 is 2. The standard InChI is InChI=1S/C33H35NO11/c1-32(2)44-29-31(40-16-33(29,45-32)15-34-7-9-38-10-8-34)43-28-20-13-24(37-4)23(36-3)12-19(20)26(27-21(28)14-39-30(27)35)18-5-6-22-25(11-18)42-17-41-22/h5-6,11-13,29,31H,7-10,14-17H2,1-4H3/t29-,31+,33+/m0/s1. The van der Waals surface area contributed by atoms with Gasteiger partial charge in [0, 0.05) is 36.1 Å². The SMILES string of the molecule is COc1cc2c(O[C@H]3OC[C@@]4(CN5CCOCC5)OC(C)(C)O[C@@H]34)c3c(c(-c4ccc5c(c4)OCO5)c2cc1OC)C(=O)OC3. The summed E-state index contributed by atoms with van der Waals surface area (Å²) in [6, 6.07) is 9.31.